The van der Waals surface area contributed by atoms with Gasteiger partial charge in [-0.1, -0.05) is 0 Å². The number of ether oxygens (including phenoxy) is 1. The third-order valence-electron chi connectivity index (χ3n) is 2.01. The van der Waals surface area contributed by atoms with E-state index in [2.05, 4.69) is 19.2 Å². The molecule has 1 heterocycles. The molecule has 0 unspecified atom stereocenters. The van der Waals surface area contributed by atoms with Gasteiger partial charge in [0.1, 0.15) is 0 Å². The smallest absolute Gasteiger partial charge is 0.0746 e. The zero-order valence-corrected chi connectivity index (χ0v) is 8.33. The minimum absolute atomic E-state index is 0.0136. The minimum atomic E-state index is -0.0136. The number of methoxy groups -OCH3 is 1. The first kappa shape index (κ1) is 9.36. The van der Waals surface area contributed by atoms with E-state index in [0.717, 1.165) is 12.6 Å². The van der Waals surface area contributed by atoms with Crippen molar-refractivity contribution in [2.75, 3.05) is 25.2 Å². The van der Waals surface area contributed by atoms with E-state index in [9.17, 15) is 0 Å². The highest BCUT2D eigenvalue weighted by Gasteiger charge is 2.22. The lowest BCUT2D eigenvalue weighted by Crippen LogP contribution is -2.47. The lowest BCUT2D eigenvalue weighted by molar-refractivity contribution is 0.0218. The van der Waals surface area contributed by atoms with Gasteiger partial charge in [0.25, 0.3) is 0 Å². The van der Waals surface area contributed by atoms with Crippen LogP contribution in [0.25, 0.3) is 0 Å². The molecular weight excluding hydrogens is 158 g/mol. The van der Waals surface area contributed by atoms with Gasteiger partial charge in [-0.05, 0) is 13.8 Å². The van der Waals surface area contributed by atoms with Crippen LogP contribution in [0.1, 0.15) is 13.8 Å². The molecule has 0 aromatic carbocycles. The standard InChI is InChI=1S/C8H17NOS/c1-8(2,10-3)6-9-7-4-11-5-7/h7,9H,4-6H2,1-3H3. The van der Waals surface area contributed by atoms with Gasteiger partial charge >= 0.3 is 0 Å². The highest BCUT2D eigenvalue weighted by molar-refractivity contribution is 8.00. The molecule has 0 bridgehead atoms. The zero-order valence-electron chi connectivity index (χ0n) is 7.52. The maximum atomic E-state index is 5.29. The molecule has 1 fully saturated rings. The number of rotatable bonds is 4. The average molecular weight is 175 g/mol. The molecule has 0 atom stereocenters. The predicted molar refractivity (Wildman–Crippen MR) is 50.2 cm³/mol. The molecule has 0 radical (unpaired) electrons. The molecule has 0 amide bonds. The Hall–Kier alpha value is 0.270. The van der Waals surface area contributed by atoms with Crippen LogP contribution in [0.5, 0.6) is 0 Å². The van der Waals surface area contributed by atoms with Gasteiger partial charge in [-0.25, -0.2) is 0 Å². The van der Waals surface area contributed by atoms with Crippen molar-refractivity contribution in [2.45, 2.75) is 25.5 Å². The lowest BCUT2D eigenvalue weighted by atomic mass is 10.1. The first-order valence-electron chi connectivity index (χ1n) is 4.00. The van der Waals surface area contributed by atoms with Crippen molar-refractivity contribution in [3.63, 3.8) is 0 Å². The molecule has 1 aliphatic heterocycles. The van der Waals surface area contributed by atoms with Crippen molar-refractivity contribution >= 4 is 11.8 Å². The van der Waals surface area contributed by atoms with Crippen molar-refractivity contribution in [1.82, 2.24) is 5.32 Å². The predicted octanol–water partition coefficient (Wildman–Crippen LogP) is 1.12. The van der Waals surface area contributed by atoms with E-state index in [-0.39, 0.29) is 5.60 Å². The van der Waals surface area contributed by atoms with E-state index in [4.69, 9.17) is 4.74 Å². The molecule has 1 aliphatic rings. The second-order valence-electron chi connectivity index (χ2n) is 3.58. The molecule has 0 aromatic heterocycles. The van der Waals surface area contributed by atoms with Crippen LogP contribution in [0.15, 0.2) is 0 Å². The normalized spacial score (nSPS) is 19.9. The van der Waals surface area contributed by atoms with Crippen LogP contribution >= 0.6 is 11.8 Å². The zero-order chi connectivity index (χ0) is 8.32. The Morgan fingerprint density at radius 3 is 2.55 bits per heavy atom. The van der Waals surface area contributed by atoms with Gasteiger partial charge in [0.15, 0.2) is 0 Å². The Morgan fingerprint density at radius 2 is 2.18 bits per heavy atom. The van der Waals surface area contributed by atoms with E-state index < -0.39 is 0 Å². The van der Waals surface area contributed by atoms with Gasteiger partial charge in [-0.2, -0.15) is 11.8 Å². The van der Waals surface area contributed by atoms with E-state index in [0.29, 0.717) is 0 Å². The number of thioether (sulfide) groups is 1. The number of hydrogen-bond donors (Lipinski definition) is 1. The van der Waals surface area contributed by atoms with Crippen LogP contribution in [0.3, 0.4) is 0 Å². The summed E-state index contributed by atoms with van der Waals surface area (Å²) >= 11 is 2.00. The largest absolute Gasteiger partial charge is 0.377 e. The second-order valence-corrected chi connectivity index (χ2v) is 4.65. The molecule has 0 spiro atoms. The van der Waals surface area contributed by atoms with Crippen LogP contribution in [0.2, 0.25) is 0 Å². The van der Waals surface area contributed by atoms with Crippen LogP contribution in [0.4, 0.5) is 0 Å². The maximum Gasteiger partial charge on any atom is 0.0746 e. The Kier molecular flexibility index (Phi) is 3.22. The van der Waals surface area contributed by atoms with E-state index >= 15 is 0 Å². The summed E-state index contributed by atoms with van der Waals surface area (Å²) in [4.78, 5) is 0. The molecule has 1 N–H and O–H groups in total. The molecule has 1 rings (SSSR count). The topological polar surface area (TPSA) is 21.3 Å². The quantitative estimate of drug-likeness (QED) is 0.692. The minimum Gasteiger partial charge on any atom is -0.377 e. The summed E-state index contributed by atoms with van der Waals surface area (Å²) in [5.74, 6) is 2.53. The molecule has 0 aromatic rings. The third kappa shape index (κ3) is 3.01. The van der Waals surface area contributed by atoms with Crippen LogP contribution in [-0.4, -0.2) is 36.8 Å². The molecule has 1 saturated heterocycles. The fourth-order valence-corrected chi connectivity index (χ4v) is 1.52. The number of hydrogen-bond acceptors (Lipinski definition) is 3. The maximum absolute atomic E-state index is 5.29. The van der Waals surface area contributed by atoms with Gasteiger partial charge in [-0.15, -0.1) is 0 Å². The molecule has 2 nitrogen and oxygen atoms in total. The van der Waals surface area contributed by atoms with Gasteiger partial charge in [0, 0.05) is 31.2 Å². The third-order valence-corrected chi connectivity index (χ3v) is 3.28. The first-order valence-corrected chi connectivity index (χ1v) is 5.16. The SMILES string of the molecule is COC(C)(C)CNC1CSC1. The van der Waals surface area contributed by atoms with Crippen molar-refractivity contribution in [2.24, 2.45) is 0 Å². The van der Waals surface area contributed by atoms with E-state index in [1.54, 1.807) is 7.11 Å². The highest BCUT2D eigenvalue weighted by atomic mass is 32.2. The van der Waals surface area contributed by atoms with Crippen molar-refractivity contribution in [1.29, 1.82) is 0 Å². The number of nitrogens with one attached hydrogen (secondary N) is 1. The van der Waals surface area contributed by atoms with Gasteiger partial charge in [0.05, 0.1) is 5.60 Å². The Labute approximate surface area is 73.1 Å². The van der Waals surface area contributed by atoms with Gasteiger partial charge in [0.2, 0.25) is 0 Å². The molecule has 0 saturated carbocycles. The monoisotopic (exact) mass is 175 g/mol. The summed E-state index contributed by atoms with van der Waals surface area (Å²) in [6.07, 6.45) is 0. The van der Waals surface area contributed by atoms with E-state index in [1.165, 1.54) is 11.5 Å². The summed E-state index contributed by atoms with van der Waals surface area (Å²) in [5, 5.41) is 3.46. The summed E-state index contributed by atoms with van der Waals surface area (Å²) in [7, 11) is 1.76. The highest BCUT2D eigenvalue weighted by Crippen LogP contribution is 2.18. The Morgan fingerprint density at radius 1 is 1.55 bits per heavy atom. The molecule has 11 heavy (non-hydrogen) atoms. The molecule has 66 valence electrons. The molecular formula is C8H17NOS. The van der Waals surface area contributed by atoms with Crippen LogP contribution in [0, 0.1) is 0 Å². The average Bonchev–Trinajstić information content (AvgIpc) is 1.84. The summed E-state index contributed by atoms with van der Waals surface area (Å²) in [6, 6.07) is 0.731. The van der Waals surface area contributed by atoms with Crippen molar-refractivity contribution in [3.8, 4) is 0 Å². The second kappa shape index (κ2) is 3.78. The van der Waals surface area contributed by atoms with Gasteiger partial charge < -0.3 is 10.1 Å². The van der Waals surface area contributed by atoms with Crippen LogP contribution < -0.4 is 5.32 Å². The fourth-order valence-electron chi connectivity index (χ4n) is 0.816. The van der Waals surface area contributed by atoms with Crippen LogP contribution in [-0.2, 0) is 4.74 Å². The molecule has 0 aliphatic carbocycles. The summed E-state index contributed by atoms with van der Waals surface area (Å²) in [6.45, 7) is 5.16. The van der Waals surface area contributed by atoms with Crippen molar-refractivity contribution < 1.29 is 4.74 Å². The molecule has 3 heteroatoms. The van der Waals surface area contributed by atoms with Crippen molar-refractivity contribution in [3.05, 3.63) is 0 Å². The van der Waals surface area contributed by atoms with E-state index in [1.807, 2.05) is 11.8 Å². The Bertz CT molecular complexity index is 123. The first-order chi connectivity index (χ1) is 5.14. The Balaban J connectivity index is 2.09. The van der Waals surface area contributed by atoms with Gasteiger partial charge in [-0.3, -0.25) is 0 Å². The lowest BCUT2D eigenvalue weighted by Gasteiger charge is -2.31. The summed E-state index contributed by atoms with van der Waals surface area (Å²) < 4.78 is 5.29. The summed E-state index contributed by atoms with van der Waals surface area (Å²) in [5.41, 5.74) is -0.0136. The fraction of sp³-hybridized carbons (Fsp3) is 1.00.